The lowest BCUT2D eigenvalue weighted by atomic mass is 9.48. The van der Waals surface area contributed by atoms with Crippen molar-refractivity contribution in [1.82, 2.24) is 5.32 Å². The van der Waals surface area contributed by atoms with E-state index in [4.69, 9.17) is 9.47 Å². The van der Waals surface area contributed by atoms with Gasteiger partial charge in [-0.1, -0.05) is 6.07 Å². The highest BCUT2D eigenvalue weighted by molar-refractivity contribution is 5.43. The second-order valence-corrected chi connectivity index (χ2v) is 8.80. The van der Waals surface area contributed by atoms with Gasteiger partial charge in [-0.3, -0.25) is 0 Å². The summed E-state index contributed by atoms with van der Waals surface area (Å²) in [5, 5.41) is 3.87. The second kappa shape index (κ2) is 6.83. The third-order valence-corrected chi connectivity index (χ3v) is 7.14. The summed E-state index contributed by atoms with van der Waals surface area (Å²) in [6.45, 7) is 6.02. The van der Waals surface area contributed by atoms with Gasteiger partial charge in [-0.05, 0) is 93.2 Å². The molecule has 1 aromatic carbocycles. The lowest BCUT2D eigenvalue weighted by Crippen LogP contribution is -2.54. The Hall–Kier alpha value is -1.22. The first-order valence-electron chi connectivity index (χ1n) is 10.1. The number of rotatable bonds is 7. The summed E-state index contributed by atoms with van der Waals surface area (Å²) in [6, 6.07) is 6.90. The molecule has 0 aliphatic heterocycles. The summed E-state index contributed by atoms with van der Waals surface area (Å²) in [4.78, 5) is 0. The van der Waals surface area contributed by atoms with Crippen LogP contribution in [0.1, 0.15) is 57.9 Å². The number of hydrogen-bond acceptors (Lipinski definition) is 3. The summed E-state index contributed by atoms with van der Waals surface area (Å²) in [5.41, 5.74) is 1.84. The molecule has 0 unspecified atom stereocenters. The molecule has 138 valence electrons. The van der Waals surface area contributed by atoms with E-state index in [1.165, 1.54) is 44.1 Å². The predicted octanol–water partition coefficient (Wildman–Crippen LogP) is 4.79. The Morgan fingerprint density at radius 2 is 1.72 bits per heavy atom. The van der Waals surface area contributed by atoms with Crippen molar-refractivity contribution in [2.75, 3.05) is 13.7 Å². The van der Waals surface area contributed by atoms with Gasteiger partial charge in [0.1, 0.15) is 0 Å². The van der Waals surface area contributed by atoms with E-state index in [1.54, 1.807) is 7.11 Å². The van der Waals surface area contributed by atoms with Gasteiger partial charge in [-0.15, -0.1) is 0 Å². The minimum absolute atomic E-state index is 0.559. The Labute approximate surface area is 152 Å². The van der Waals surface area contributed by atoms with Crippen molar-refractivity contribution >= 4 is 0 Å². The molecule has 4 fully saturated rings. The molecule has 1 atom stereocenters. The van der Waals surface area contributed by atoms with E-state index in [1.807, 2.05) is 13.0 Å². The van der Waals surface area contributed by atoms with Crippen molar-refractivity contribution in [3.63, 3.8) is 0 Å². The molecule has 0 saturated heterocycles. The van der Waals surface area contributed by atoms with Gasteiger partial charge in [-0.25, -0.2) is 0 Å². The van der Waals surface area contributed by atoms with Gasteiger partial charge in [0.25, 0.3) is 0 Å². The summed E-state index contributed by atoms with van der Waals surface area (Å²) < 4.78 is 11.1. The van der Waals surface area contributed by atoms with Crippen molar-refractivity contribution < 1.29 is 9.47 Å². The zero-order valence-corrected chi connectivity index (χ0v) is 16.0. The minimum atomic E-state index is 0.559. The molecular weight excluding hydrogens is 310 g/mol. The number of ether oxygens (including phenoxy) is 2. The fourth-order valence-corrected chi connectivity index (χ4v) is 6.29. The highest BCUT2D eigenvalue weighted by atomic mass is 16.5. The van der Waals surface area contributed by atoms with Crippen molar-refractivity contribution in [1.29, 1.82) is 0 Å². The van der Waals surface area contributed by atoms with Gasteiger partial charge in [0.05, 0.1) is 13.7 Å². The molecule has 0 heterocycles. The SMILES string of the molecule is CCOc1cc(CN[C@H](C)C23CC4CC(CC(C4)C2)C3)ccc1OC. The van der Waals surface area contributed by atoms with E-state index >= 15 is 0 Å². The summed E-state index contributed by atoms with van der Waals surface area (Å²) in [6.07, 6.45) is 8.92. The molecule has 0 radical (unpaired) electrons. The van der Waals surface area contributed by atoms with E-state index in [2.05, 4.69) is 24.4 Å². The zero-order chi connectivity index (χ0) is 17.4. The van der Waals surface area contributed by atoms with Crippen LogP contribution in [-0.4, -0.2) is 19.8 Å². The molecule has 4 saturated carbocycles. The standard InChI is InChI=1S/C22H33NO2/c1-4-25-21-10-16(5-6-20(21)24-3)14-23-15(2)22-11-17-7-18(12-22)9-19(8-17)13-22/h5-6,10,15,17-19,23H,4,7-9,11-14H2,1-3H3/t15-,17?,18?,19?,22?/m1/s1. The van der Waals surface area contributed by atoms with E-state index in [9.17, 15) is 0 Å². The molecule has 4 bridgehead atoms. The Bertz CT molecular complexity index is 577. The Morgan fingerprint density at radius 1 is 1.08 bits per heavy atom. The van der Waals surface area contributed by atoms with Crippen LogP contribution in [0.3, 0.4) is 0 Å². The van der Waals surface area contributed by atoms with Gasteiger partial charge >= 0.3 is 0 Å². The Kier molecular flexibility index (Phi) is 4.70. The number of methoxy groups -OCH3 is 1. The molecular formula is C22H33NO2. The first kappa shape index (κ1) is 17.2. The first-order chi connectivity index (χ1) is 12.1. The third kappa shape index (κ3) is 3.28. The molecule has 3 nitrogen and oxygen atoms in total. The lowest BCUT2D eigenvalue weighted by Gasteiger charge is -2.59. The van der Waals surface area contributed by atoms with Gasteiger partial charge in [0.15, 0.2) is 11.5 Å². The Morgan fingerprint density at radius 3 is 2.28 bits per heavy atom. The Balaban J connectivity index is 1.42. The van der Waals surface area contributed by atoms with Crippen LogP contribution in [-0.2, 0) is 6.54 Å². The van der Waals surface area contributed by atoms with Crippen LogP contribution in [0.5, 0.6) is 11.5 Å². The second-order valence-electron chi connectivity index (χ2n) is 8.80. The zero-order valence-electron chi connectivity index (χ0n) is 16.0. The van der Waals surface area contributed by atoms with Gasteiger partial charge < -0.3 is 14.8 Å². The van der Waals surface area contributed by atoms with E-state index in [0.717, 1.165) is 35.8 Å². The van der Waals surface area contributed by atoms with Gasteiger partial charge in [0, 0.05) is 12.6 Å². The van der Waals surface area contributed by atoms with Crippen LogP contribution in [0, 0.1) is 23.2 Å². The van der Waals surface area contributed by atoms with Crippen molar-refractivity contribution in [2.24, 2.45) is 23.2 Å². The fraction of sp³-hybridized carbons (Fsp3) is 0.727. The summed E-state index contributed by atoms with van der Waals surface area (Å²) in [7, 11) is 1.70. The monoisotopic (exact) mass is 343 g/mol. The predicted molar refractivity (Wildman–Crippen MR) is 101 cm³/mol. The highest BCUT2D eigenvalue weighted by Crippen LogP contribution is 2.61. The third-order valence-electron chi connectivity index (χ3n) is 7.14. The normalized spacial score (nSPS) is 34.1. The lowest BCUT2D eigenvalue weighted by molar-refractivity contribution is -0.0706. The largest absolute Gasteiger partial charge is 0.493 e. The van der Waals surface area contributed by atoms with Crippen molar-refractivity contribution in [2.45, 2.75) is 65.0 Å². The maximum absolute atomic E-state index is 5.72. The van der Waals surface area contributed by atoms with Crippen LogP contribution in [0.4, 0.5) is 0 Å². The van der Waals surface area contributed by atoms with Gasteiger partial charge in [0.2, 0.25) is 0 Å². The molecule has 3 heteroatoms. The maximum Gasteiger partial charge on any atom is 0.161 e. The number of hydrogen-bond donors (Lipinski definition) is 1. The van der Waals surface area contributed by atoms with Crippen LogP contribution in [0.15, 0.2) is 18.2 Å². The summed E-state index contributed by atoms with van der Waals surface area (Å²) >= 11 is 0. The summed E-state index contributed by atoms with van der Waals surface area (Å²) in [5.74, 6) is 4.72. The molecule has 25 heavy (non-hydrogen) atoms. The van der Waals surface area contributed by atoms with E-state index in [0.29, 0.717) is 18.1 Å². The average Bonchev–Trinajstić information content (AvgIpc) is 2.59. The molecule has 1 aromatic rings. The van der Waals surface area contributed by atoms with Crippen LogP contribution in [0.2, 0.25) is 0 Å². The van der Waals surface area contributed by atoms with E-state index in [-0.39, 0.29) is 0 Å². The molecule has 4 aliphatic rings. The number of benzene rings is 1. The molecule has 1 N–H and O–H groups in total. The maximum atomic E-state index is 5.72. The number of nitrogens with one attached hydrogen (secondary N) is 1. The van der Waals surface area contributed by atoms with Crippen molar-refractivity contribution in [3.05, 3.63) is 23.8 Å². The fourth-order valence-electron chi connectivity index (χ4n) is 6.29. The van der Waals surface area contributed by atoms with Crippen LogP contribution >= 0.6 is 0 Å². The quantitative estimate of drug-likeness (QED) is 0.772. The van der Waals surface area contributed by atoms with Gasteiger partial charge in [-0.2, -0.15) is 0 Å². The molecule has 0 spiro atoms. The van der Waals surface area contributed by atoms with Crippen LogP contribution in [0.25, 0.3) is 0 Å². The van der Waals surface area contributed by atoms with Crippen molar-refractivity contribution in [3.8, 4) is 11.5 Å². The minimum Gasteiger partial charge on any atom is -0.493 e. The molecule has 0 aromatic heterocycles. The average molecular weight is 344 g/mol. The molecule has 0 amide bonds. The van der Waals surface area contributed by atoms with Crippen LogP contribution < -0.4 is 14.8 Å². The molecule has 4 aliphatic carbocycles. The topological polar surface area (TPSA) is 30.5 Å². The highest BCUT2D eigenvalue weighted by Gasteiger charge is 2.52. The first-order valence-corrected chi connectivity index (χ1v) is 10.1. The van der Waals surface area contributed by atoms with E-state index < -0.39 is 0 Å². The molecule has 5 rings (SSSR count). The smallest absolute Gasteiger partial charge is 0.161 e.